The lowest BCUT2D eigenvalue weighted by Gasteiger charge is -2.13. The van der Waals surface area contributed by atoms with Crippen LogP contribution in [0.1, 0.15) is 17.2 Å². The van der Waals surface area contributed by atoms with E-state index in [1.54, 1.807) is 12.1 Å². The van der Waals surface area contributed by atoms with Crippen molar-refractivity contribution in [1.82, 2.24) is 10.3 Å². The SMILES string of the molecule is O=c1[nH]c2ccccc2cc1CNCC(O)c1ccccc1Cl. The summed E-state index contributed by atoms with van der Waals surface area (Å²) in [6.45, 7) is 0.692. The first kappa shape index (κ1) is 15.7. The Labute approximate surface area is 138 Å². The van der Waals surface area contributed by atoms with Gasteiger partial charge in [-0.1, -0.05) is 48.0 Å². The van der Waals surface area contributed by atoms with Crippen LogP contribution in [0.2, 0.25) is 5.02 Å². The lowest BCUT2D eigenvalue weighted by molar-refractivity contribution is 0.174. The summed E-state index contributed by atoms with van der Waals surface area (Å²) < 4.78 is 0. The number of aromatic nitrogens is 1. The standard InChI is InChI=1S/C18H17ClN2O2/c19-15-7-3-2-6-14(15)17(22)11-20-10-13-9-12-5-1-4-8-16(12)21-18(13)23/h1-9,17,20,22H,10-11H2,(H,21,23). The summed E-state index contributed by atoms with van der Waals surface area (Å²) in [5.74, 6) is 0. The molecule has 0 saturated carbocycles. The molecule has 2 aromatic carbocycles. The van der Waals surface area contributed by atoms with Crippen molar-refractivity contribution in [3.63, 3.8) is 0 Å². The number of aliphatic hydroxyl groups excluding tert-OH is 1. The van der Waals surface area contributed by atoms with Gasteiger partial charge in [-0.05, 0) is 23.6 Å². The second kappa shape index (κ2) is 6.96. The highest BCUT2D eigenvalue weighted by molar-refractivity contribution is 6.31. The van der Waals surface area contributed by atoms with Gasteiger partial charge in [0.2, 0.25) is 0 Å². The zero-order valence-corrected chi connectivity index (χ0v) is 13.2. The summed E-state index contributed by atoms with van der Waals surface area (Å²) in [4.78, 5) is 14.9. The Bertz CT molecular complexity index is 876. The van der Waals surface area contributed by atoms with E-state index in [4.69, 9.17) is 11.6 Å². The fourth-order valence-electron chi connectivity index (χ4n) is 2.52. The van der Waals surface area contributed by atoms with Crippen LogP contribution in [0.15, 0.2) is 59.4 Å². The Morgan fingerprint density at radius 3 is 2.70 bits per heavy atom. The van der Waals surface area contributed by atoms with E-state index in [1.165, 1.54) is 0 Å². The number of halogens is 1. The van der Waals surface area contributed by atoms with Crippen LogP contribution in [-0.4, -0.2) is 16.6 Å². The zero-order chi connectivity index (χ0) is 16.2. The predicted octanol–water partition coefficient (Wildman–Crippen LogP) is 3.00. The molecule has 0 amide bonds. The second-order valence-corrected chi connectivity index (χ2v) is 5.79. The monoisotopic (exact) mass is 328 g/mol. The van der Waals surface area contributed by atoms with Gasteiger partial charge in [0, 0.05) is 34.8 Å². The van der Waals surface area contributed by atoms with E-state index in [-0.39, 0.29) is 5.56 Å². The highest BCUT2D eigenvalue weighted by Gasteiger charge is 2.11. The molecule has 1 heterocycles. The molecule has 118 valence electrons. The molecular weight excluding hydrogens is 312 g/mol. The van der Waals surface area contributed by atoms with E-state index < -0.39 is 6.10 Å². The Morgan fingerprint density at radius 2 is 1.87 bits per heavy atom. The third-order valence-corrected chi connectivity index (χ3v) is 4.09. The highest BCUT2D eigenvalue weighted by atomic mass is 35.5. The van der Waals surface area contributed by atoms with Gasteiger partial charge in [0.1, 0.15) is 0 Å². The van der Waals surface area contributed by atoms with Crippen molar-refractivity contribution in [2.45, 2.75) is 12.6 Å². The Hall–Kier alpha value is -2.14. The molecule has 0 spiro atoms. The molecule has 3 aromatic rings. The average molecular weight is 329 g/mol. The van der Waals surface area contributed by atoms with Gasteiger partial charge >= 0.3 is 0 Å². The summed E-state index contributed by atoms with van der Waals surface area (Å²) in [5.41, 5.74) is 2.00. The van der Waals surface area contributed by atoms with Gasteiger partial charge in [-0.3, -0.25) is 4.79 Å². The zero-order valence-electron chi connectivity index (χ0n) is 12.4. The Balaban J connectivity index is 1.68. The molecule has 4 nitrogen and oxygen atoms in total. The first-order chi connectivity index (χ1) is 11.1. The minimum atomic E-state index is -0.719. The molecule has 3 N–H and O–H groups in total. The van der Waals surface area contributed by atoms with Gasteiger partial charge in [0.15, 0.2) is 0 Å². The Morgan fingerprint density at radius 1 is 1.13 bits per heavy atom. The summed E-state index contributed by atoms with van der Waals surface area (Å²) in [6.07, 6.45) is -0.719. The van der Waals surface area contributed by atoms with Crippen molar-refractivity contribution in [2.24, 2.45) is 0 Å². The molecule has 5 heteroatoms. The third kappa shape index (κ3) is 3.62. The van der Waals surface area contributed by atoms with Gasteiger partial charge < -0.3 is 15.4 Å². The number of hydrogen-bond acceptors (Lipinski definition) is 3. The van der Waals surface area contributed by atoms with Gasteiger partial charge in [-0.2, -0.15) is 0 Å². The fraction of sp³-hybridized carbons (Fsp3) is 0.167. The molecule has 23 heavy (non-hydrogen) atoms. The van der Waals surface area contributed by atoms with E-state index in [0.29, 0.717) is 29.2 Å². The maximum Gasteiger partial charge on any atom is 0.252 e. The van der Waals surface area contributed by atoms with Crippen LogP contribution in [0.5, 0.6) is 0 Å². The van der Waals surface area contributed by atoms with Crippen molar-refractivity contribution in [3.05, 3.63) is 81.1 Å². The van der Waals surface area contributed by atoms with Gasteiger partial charge in [0.05, 0.1) is 6.10 Å². The molecule has 0 aliphatic rings. The number of rotatable bonds is 5. The topological polar surface area (TPSA) is 65.1 Å². The molecule has 0 fully saturated rings. The van der Waals surface area contributed by atoms with Crippen LogP contribution in [0.4, 0.5) is 0 Å². The number of aliphatic hydroxyl groups is 1. The van der Waals surface area contributed by atoms with Crippen molar-refractivity contribution >= 4 is 22.5 Å². The molecule has 0 radical (unpaired) electrons. The maximum absolute atomic E-state index is 12.1. The molecule has 1 unspecified atom stereocenters. The van der Waals surface area contributed by atoms with Crippen LogP contribution < -0.4 is 10.9 Å². The number of H-pyrrole nitrogens is 1. The molecule has 0 bridgehead atoms. The van der Waals surface area contributed by atoms with Crippen LogP contribution in [0.3, 0.4) is 0 Å². The number of hydrogen-bond donors (Lipinski definition) is 3. The maximum atomic E-state index is 12.1. The van der Waals surface area contributed by atoms with Crippen molar-refractivity contribution in [3.8, 4) is 0 Å². The molecule has 0 saturated heterocycles. The number of fused-ring (bicyclic) bond motifs is 1. The quantitative estimate of drug-likeness (QED) is 0.674. The van der Waals surface area contributed by atoms with Crippen LogP contribution in [-0.2, 0) is 6.54 Å². The minimum absolute atomic E-state index is 0.122. The first-order valence-electron chi connectivity index (χ1n) is 7.39. The molecule has 1 atom stereocenters. The predicted molar refractivity (Wildman–Crippen MR) is 92.7 cm³/mol. The molecule has 0 aliphatic carbocycles. The Kier molecular flexibility index (Phi) is 4.76. The summed E-state index contributed by atoms with van der Waals surface area (Å²) in [6, 6.07) is 16.7. The van der Waals surface area contributed by atoms with Gasteiger partial charge in [0.25, 0.3) is 5.56 Å². The van der Waals surface area contributed by atoms with E-state index in [1.807, 2.05) is 42.5 Å². The minimum Gasteiger partial charge on any atom is -0.387 e. The van der Waals surface area contributed by atoms with E-state index >= 15 is 0 Å². The molecule has 1 aromatic heterocycles. The van der Waals surface area contributed by atoms with E-state index in [9.17, 15) is 9.90 Å². The lowest BCUT2D eigenvalue weighted by atomic mass is 10.1. The average Bonchev–Trinajstić information content (AvgIpc) is 2.55. The van der Waals surface area contributed by atoms with Crippen LogP contribution in [0, 0.1) is 0 Å². The number of nitrogens with one attached hydrogen (secondary N) is 2. The van der Waals surface area contributed by atoms with Gasteiger partial charge in [-0.25, -0.2) is 0 Å². The normalized spacial score (nSPS) is 12.4. The van der Waals surface area contributed by atoms with E-state index in [2.05, 4.69) is 10.3 Å². The number of pyridine rings is 1. The number of aromatic amines is 1. The summed E-state index contributed by atoms with van der Waals surface area (Å²) in [5, 5.41) is 14.8. The smallest absolute Gasteiger partial charge is 0.252 e. The summed E-state index contributed by atoms with van der Waals surface area (Å²) in [7, 11) is 0. The van der Waals surface area contributed by atoms with Crippen molar-refractivity contribution in [1.29, 1.82) is 0 Å². The van der Waals surface area contributed by atoms with E-state index in [0.717, 1.165) is 10.9 Å². The molecular formula is C18H17ClN2O2. The third-order valence-electron chi connectivity index (χ3n) is 3.75. The fourth-order valence-corrected chi connectivity index (χ4v) is 2.78. The molecule has 3 rings (SSSR count). The highest BCUT2D eigenvalue weighted by Crippen LogP contribution is 2.21. The van der Waals surface area contributed by atoms with Crippen LogP contribution >= 0.6 is 11.6 Å². The number of benzene rings is 2. The van der Waals surface area contributed by atoms with Crippen molar-refractivity contribution < 1.29 is 5.11 Å². The largest absolute Gasteiger partial charge is 0.387 e. The van der Waals surface area contributed by atoms with Crippen molar-refractivity contribution in [2.75, 3.05) is 6.54 Å². The summed E-state index contributed by atoms with van der Waals surface area (Å²) >= 11 is 6.06. The van der Waals surface area contributed by atoms with Crippen LogP contribution in [0.25, 0.3) is 10.9 Å². The first-order valence-corrected chi connectivity index (χ1v) is 7.77. The second-order valence-electron chi connectivity index (χ2n) is 5.38. The lowest BCUT2D eigenvalue weighted by Crippen LogP contribution is -2.25. The number of para-hydroxylation sites is 1. The van der Waals surface area contributed by atoms with Gasteiger partial charge in [-0.15, -0.1) is 0 Å². The molecule has 0 aliphatic heterocycles.